The standard InChI is InChI=1S/C26H29N3O4S2/c1-3-16-4-6-17(7-5-16)18-8-10-19(11-9-18)26-28-24(15-34-26)35(31,32)29-22-12-20-14-27-25(30)21(20)13-23(22)33-2/h8-13,15-17,29H,3-7,14H2,1-2H3,(H,27,30). The molecule has 0 bridgehead atoms. The second-order valence-corrected chi connectivity index (χ2v) is 11.7. The zero-order valence-electron chi connectivity index (χ0n) is 19.8. The van der Waals surface area contributed by atoms with E-state index in [1.807, 2.05) is 12.1 Å². The summed E-state index contributed by atoms with van der Waals surface area (Å²) >= 11 is 1.30. The summed E-state index contributed by atoms with van der Waals surface area (Å²) in [5.41, 5.74) is 3.74. The molecule has 2 aliphatic rings. The fourth-order valence-corrected chi connectivity index (χ4v) is 7.18. The number of carbonyl (C=O) groups excluding carboxylic acids is 1. The summed E-state index contributed by atoms with van der Waals surface area (Å²) in [6.07, 6.45) is 6.34. The molecule has 35 heavy (non-hydrogen) atoms. The molecule has 184 valence electrons. The summed E-state index contributed by atoms with van der Waals surface area (Å²) < 4.78 is 34.1. The first kappa shape index (κ1) is 23.8. The molecule has 9 heteroatoms. The second kappa shape index (κ2) is 9.62. The molecule has 7 nitrogen and oxygen atoms in total. The summed E-state index contributed by atoms with van der Waals surface area (Å²) in [6, 6.07) is 11.6. The molecule has 3 aromatic rings. The van der Waals surface area contributed by atoms with Gasteiger partial charge in [-0.05, 0) is 60.8 Å². The van der Waals surface area contributed by atoms with E-state index in [0.717, 1.165) is 17.0 Å². The first-order valence-corrected chi connectivity index (χ1v) is 14.3. The van der Waals surface area contributed by atoms with Crippen LogP contribution in [0.25, 0.3) is 10.6 Å². The molecule has 2 N–H and O–H groups in total. The number of carbonyl (C=O) groups is 1. The van der Waals surface area contributed by atoms with Gasteiger partial charge >= 0.3 is 0 Å². The highest BCUT2D eigenvalue weighted by Crippen LogP contribution is 2.38. The van der Waals surface area contributed by atoms with Crippen LogP contribution < -0.4 is 14.8 Å². The molecule has 1 aromatic heterocycles. The topological polar surface area (TPSA) is 97.4 Å². The van der Waals surface area contributed by atoms with Gasteiger partial charge in [0, 0.05) is 23.1 Å². The zero-order chi connectivity index (χ0) is 24.6. The Morgan fingerprint density at radius 1 is 1.14 bits per heavy atom. The predicted octanol–water partition coefficient (Wildman–Crippen LogP) is 5.55. The van der Waals surface area contributed by atoms with Crippen LogP contribution in [-0.2, 0) is 16.6 Å². The van der Waals surface area contributed by atoms with Gasteiger partial charge in [0.1, 0.15) is 10.8 Å². The highest BCUT2D eigenvalue weighted by molar-refractivity contribution is 7.92. The number of hydrogen-bond acceptors (Lipinski definition) is 6. The molecular formula is C26H29N3O4S2. The Balaban J connectivity index is 1.32. The molecule has 2 aromatic carbocycles. The monoisotopic (exact) mass is 511 g/mol. The van der Waals surface area contributed by atoms with Crippen molar-refractivity contribution in [1.82, 2.24) is 10.3 Å². The van der Waals surface area contributed by atoms with Gasteiger partial charge in [-0.2, -0.15) is 8.42 Å². The Kier molecular flexibility index (Phi) is 6.55. The van der Waals surface area contributed by atoms with E-state index in [0.29, 0.717) is 23.0 Å². The zero-order valence-corrected chi connectivity index (χ0v) is 21.5. The number of amides is 1. The number of thiazole rings is 1. The average molecular weight is 512 g/mol. The lowest BCUT2D eigenvalue weighted by Gasteiger charge is -2.28. The summed E-state index contributed by atoms with van der Waals surface area (Å²) in [5.74, 6) is 1.56. The average Bonchev–Trinajstić information content (AvgIpc) is 3.51. The van der Waals surface area contributed by atoms with E-state index in [-0.39, 0.29) is 22.4 Å². The molecular weight excluding hydrogens is 482 g/mol. The Bertz CT molecular complexity index is 1340. The van der Waals surface area contributed by atoms with Crippen molar-refractivity contribution in [3.05, 3.63) is 58.5 Å². The van der Waals surface area contributed by atoms with E-state index in [1.54, 1.807) is 17.5 Å². The van der Waals surface area contributed by atoms with Crippen molar-refractivity contribution in [3.8, 4) is 16.3 Å². The maximum Gasteiger partial charge on any atom is 0.280 e. The van der Waals surface area contributed by atoms with Gasteiger partial charge in [-0.3, -0.25) is 9.52 Å². The van der Waals surface area contributed by atoms with E-state index in [4.69, 9.17) is 4.74 Å². The number of aromatic nitrogens is 1. The molecule has 5 rings (SSSR count). The van der Waals surface area contributed by atoms with Gasteiger partial charge in [-0.15, -0.1) is 11.3 Å². The maximum atomic E-state index is 13.1. The third-order valence-electron chi connectivity index (χ3n) is 7.17. The van der Waals surface area contributed by atoms with E-state index in [2.05, 4.69) is 34.1 Å². The van der Waals surface area contributed by atoms with Crippen LogP contribution in [0.1, 0.15) is 66.4 Å². The first-order chi connectivity index (χ1) is 16.9. The van der Waals surface area contributed by atoms with Gasteiger partial charge in [-0.1, -0.05) is 37.6 Å². The number of ether oxygens (including phenoxy) is 1. The van der Waals surface area contributed by atoms with Gasteiger partial charge < -0.3 is 10.1 Å². The Hall–Kier alpha value is -2.91. The smallest absolute Gasteiger partial charge is 0.280 e. The molecule has 0 saturated heterocycles. The Labute approximate surface area is 210 Å². The van der Waals surface area contributed by atoms with Gasteiger partial charge in [0.25, 0.3) is 15.9 Å². The van der Waals surface area contributed by atoms with Crippen LogP contribution in [0.2, 0.25) is 0 Å². The number of nitrogens with one attached hydrogen (secondary N) is 2. The van der Waals surface area contributed by atoms with Crippen LogP contribution in [0.5, 0.6) is 5.75 Å². The number of anilines is 1. The van der Waals surface area contributed by atoms with Crippen molar-refractivity contribution in [2.75, 3.05) is 11.8 Å². The van der Waals surface area contributed by atoms with Crippen LogP contribution in [0.4, 0.5) is 5.69 Å². The van der Waals surface area contributed by atoms with E-state index in [1.165, 1.54) is 56.1 Å². The molecule has 1 saturated carbocycles. The number of fused-ring (bicyclic) bond motifs is 1. The number of rotatable bonds is 7. The lowest BCUT2D eigenvalue weighted by molar-refractivity contribution is 0.0965. The number of hydrogen-bond donors (Lipinski definition) is 2. The number of sulfonamides is 1. The summed E-state index contributed by atoms with van der Waals surface area (Å²) in [6.45, 7) is 2.63. The fraction of sp³-hybridized carbons (Fsp3) is 0.385. The molecule has 0 spiro atoms. The van der Waals surface area contributed by atoms with Crippen molar-refractivity contribution in [2.24, 2.45) is 5.92 Å². The van der Waals surface area contributed by atoms with Crippen LogP contribution >= 0.6 is 11.3 Å². The van der Waals surface area contributed by atoms with Crippen LogP contribution in [-0.4, -0.2) is 26.4 Å². The summed E-state index contributed by atoms with van der Waals surface area (Å²) in [7, 11) is -2.50. The lowest BCUT2D eigenvalue weighted by atomic mass is 9.78. The van der Waals surface area contributed by atoms with Crippen molar-refractivity contribution < 1.29 is 17.9 Å². The van der Waals surface area contributed by atoms with E-state index < -0.39 is 10.0 Å². The molecule has 0 unspecified atom stereocenters. The third-order valence-corrected chi connectivity index (χ3v) is 9.45. The van der Waals surface area contributed by atoms with Gasteiger partial charge in [0.15, 0.2) is 5.03 Å². The minimum absolute atomic E-state index is 0.0452. The Morgan fingerprint density at radius 2 is 1.89 bits per heavy atom. The second-order valence-electron chi connectivity index (χ2n) is 9.24. The first-order valence-electron chi connectivity index (χ1n) is 12.0. The molecule has 0 atom stereocenters. The molecule has 1 fully saturated rings. The van der Waals surface area contributed by atoms with Crippen LogP contribution in [0, 0.1) is 5.92 Å². The number of benzene rings is 2. The van der Waals surface area contributed by atoms with Gasteiger partial charge in [-0.25, -0.2) is 4.98 Å². The highest BCUT2D eigenvalue weighted by Gasteiger charge is 2.26. The van der Waals surface area contributed by atoms with E-state index >= 15 is 0 Å². The summed E-state index contributed by atoms with van der Waals surface area (Å²) in [5, 5.41) is 4.88. The maximum absolute atomic E-state index is 13.1. The lowest BCUT2D eigenvalue weighted by Crippen LogP contribution is -2.14. The van der Waals surface area contributed by atoms with Crippen molar-refractivity contribution >= 4 is 33.0 Å². The number of nitrogens with zero attached hydrogens (tertiary/aromatic N) is 1. The van der Waals surface area contributed by atoms with Crippen LogP contribution in [0.15, 0.2) is 46.8 Å². The van der Waals surface area contributed by atoms with Gasteiger partial charge in [0.05, 0.1) is 12.8 Å². The minimum atomic E-state index is -3.93. The Morgan fingerprint density at radius 3 is 2.57 bits per heavy atom. The minimum Gasteiger partial charge on any atom is -0.495 e. The van der Waals surface area contributed by atoms with Crippen molar-refractivity contribution in [1.29, 1.82) is 0 Å². The number of methoxy groups -OCH3 is 1. The summed E-state index contributed by atoms with van der Waals surface area (Å²) in [4.78, 5) is 16.3. The fourth-order valence-electron chi connectivity index (χ4n) is 5.02. The SMILES string of the molecule is CCC1CCC(c2ccc(-c3nc(S(=O)(=O)Nc4cc5c(cc4OC)C(=O)NC5)cs3)cc2)CC1. The molecule has 1 amide bonds. The predicted molar refractivity (Wildman–Crippen MR) is 138 cm³/mol. The van der Waals surface area contributed by atoms with Crippen molar-refractivity contribution in [2.45, 2.75) is 56.5 Å². The third kappa shape index (κ3) is 4.79. The largest absolute Gasteiger partial charge is 0.495 e. The molecule has 0 radical (unpaired) electrons. The van der Waals surface area contributed by atoms with E-state index in [9.17, 15) is 13.2 Å². The molecule has 2 heterocycles. The molecule has 1 aliphatic heterocycles. The van der Waals surface area contributed by atoms with Crippen molar-refractivity contribution in [3.63, 3.8) is 0 Å². The normalized spacial score (nSPS) is 19.8. The van der Waals surface area contributed by atoms with Crippen LogP contribution in [0.3, 0.4) is 0 Å². The van der Waals surface area contributed by atoms with Gasteiger partial charge in [0.2, 0.25) is 0 Å². The molecule has 1 aliphatic carbocycles. The highest BCUT2D eigenvalue weighted by atomic mass is 32.2. The quantitative estimate of drug-likeness (QED) is 0.434.